The van der Waals surface area contributed by atoms with Crippen LogP contribution in [0.3, 0.4) is 0 Å². The minimum absolute atomic E-state index is 0.00222. The van der Waals surface area contributed by atoms with Crippen LogP contribution in [0.2, 0.25) is 0 Å². The van der Waals surface area contributed by atoms with Crippen molar-refractivity contribution in [2.75, 3.05) is 0 Å². The first-order chi connectivity index (χ1) is 24.6. The van der Waals surface area contributed by atoms with Crippen molar-refractivity contribution in [2.24, 2.45) is 0 Å². The molecule has 0 spiro atoms. The van der Waals surface area contributed by atoms with Gasteiger partial charge in [-0.05, 0) is 35.2 Å². The number of hydrogen-bond acceptors (Lipinski definition) is 4. The summed E-state index contributed by atoms with van der Waals surface area (Å²) in [5.74, 6) is -6.37. The molecule has 0 amide bonds. The number of benzene rings is 3. The lowest BCUT2D eigenvalue weighted by Gasteiger charge is -2.23. The number of hydrogen-bond donors (Lipinski definition) is 4. The van der Waals surface area contributed by atoms with Gasteiger partial charge in [-0.25, -0.2) is 37.3 Å². The van der Waals surface area contributed by atoms with Crippen LogP contribution in [0.1, 0.15) is 79.7 Å². The molecule has 0 fully saturated rings. The molecule has 0 radical (unpaired) electrons. The highest BCUT2D eigenvalue weighted by Gasteiger charge is 2.38. The van der Waals surface area contributed by atoms with Gasteiger partial charge in [-0.3, -0.25) is 0 Å². The third-order valence-electron chi connectivity index (χ3n) is 8.00. The first-order valence-electron chi connectivity index (χ1n) is 15.8. The molecule has 3 heterocycles. The quantitative estimate of drug-likeness (QED) is 0.122. The molecule has 8 nitrogen and oxygen atoms in total. The summed E-state index contributed by atoms with van der Waals surface area (Å²) >= 11 is 0. The van der Waals surface area contributed by atoms with Gasteiger partial charge in [0.1, 0.15) is 0 Å². The maximum absolute atomic E-state index is 13.6. The Balaban J connectivity index is 0.000000193. The largest absolute Gasteiger partial charge is 0.490 e. The first-order valence-corrected chi connectivity index (χ1v) is 15.8. The van der Waals surface area contributed by atoms with Gasteiger partial charge in [-0.15, -0.1) is 0 Å². The highest BCUT2D eigenvalue weighted by Crippen LogP contribution is 2.30. The predicted octanol–water partition coefficient (Wildman–Crippen LogP) is 9.44. The van der Waals surface area contributed by atoms with Crippen molar-refractivity contribution in [3.63, 3.8) is 0 Å². The van der Waals surface area contributed by atoms with Gasteiger partial charge in [0.15, 0.2) is 23.3 Å². The van der Waals surface area contributed by atoms with Crippen molar-refractivity contribution in [1.29, 1.82) is 0 Å². The van der Waals surface area contributed by atoms with Crippen molar-refractivity contribution in [3.05, 3.63) is 161 Å². The number of H-pyrrole nitrogens is 3. The van der Waals surface area contributed by atoms with Crippen molar-refractivity contribution in [2.45, 2.75) is 57.5 Å². The molecule has 0 saturated heterocycles. The van der Waals surface area contributed by atoms with Gasteiger partial charge < -0.3 is 20.1 Å². The Morgan fingerprint density at radius 2 is 1.19 bits per heavy atom. The zero-order valence-electron chi connectivity index (χ0n) is 28.5. The van der Waals surface area contributed by atoms with E-state index in [9.17, 15) is 30.7 Å². The second-order valence-electron chi connectivity index (χ2n) is 11.7. The molecule has 276 valence electrons. The Kier molecular flexibility index (Phi) is 14.5. The Labute approximate surface area is 295 Å². The molecular weight excluding hydrogens is 693 g/mol. The van der Waals surface area contributed by atoms with E-state index in [4.69, 9.17) is 9.90 Å². The fourth-order valence-corrected chi connectivity index (χ4v) is 4.99. The zero-order valence-corrected chi connectivity index (χ0v) is 28.5. The molecule has 0 saturated carbocycles. The Morgan fingerprint density at radius 3 is 1.65 bits per heavy atom. The van der Waals surface area contributed by atoms with Crippen LogP contribution in [-0.2, 0) is 10.2 Å². The second-order valence-corrected chi connectivity index (χ2v) is 11.7. The van der Waals surface area contributed by atoms with Gasteiger partial charge in [-0.2, -0.15) is 13.2 Å². The van der Waals surface area contributed by atoms with Gasteiger partial charge in [0.2, 0.25) is 0 Å². The minimum Gasteiger partial charge on any atom is -0.475 e. The highest BCUT2D eigenvalue weighted by atomic mass is 19.4. The van der Waals surface area contributed by atoms with Crippen LogP contribution in [-0.4, -0.2) is 47.2 Å². The summed E-state index contributed by atoms with van der Waals surface area (Å²) in [6, 6.07) is 18.9. The van der Waals surface area contributed by atoms with Gasteiger partial charge >= 0.3 is 12.1 Å². The number of imidazole rings is 3. The molecule has 3 aromatic heterocycles. The monoisotopic (exact) mass is 730 g/mol. The summed E-state index contributed by atoms with van der Waals surface area (Å²) in [7, 11) is 0. The van der Waals surface area contributed by atoms with Crippen LogP contribution in [0.15, 0.2) is 104 Å². The van der Waals surface area contributed by atoms with Crippen LogP contribution in [0.4, 0.5) is 30.7 Å². The summed E-state index contributed by atoms with van der Waals surface area (Å²) in [4.78, 5) is 29.7. The third-order valence-corrected chi connectivity index (χ3v) is 8.00. The summed E-state index contributed by atoms with van der Waals surface area (Å²) in [5.41, 5.74) is 4.70. The summed E-state index contributed by atoms with van der Waals surface area (Å²) in [6.07, 6.45) is 5.50. The van der Waals surface area contributed by atoms with E-state index in [1.807, 2.05) is 19.2 Å². The van der Waals surface area contributed by atoms with Crippen LogP contribution in [0, 0.1) is 23.3 Å². The van der Waals surface area contributed by atoms with Crippen molar-refractivity contribution in [1.82, 2.24) is 29.9 Å². The molecule has 6 rings (SSSR count). The molecular formula is C37H37F7N6O2. The van der Waals surface area contributed by atoms with Gasteiger partial charge in [0.25, 0.3) is 0 Å². The number of aromatic amines is 3. The van der Waals surface area contributed by atoms with Gasteiger partial charge in [-0.1, -0.05) is 82.3 Å². The van der Waals surface area contributed by atoms with Crippen LogP contribution < -0.4 is 0 Å². The maximum Gasteiger partial charge on any atom is 0.490 e. The normalized spacial score (nSPS) is 12.2. The number of carboxylic acid groups (broad SMARTS) is 1. The van der Waals surface area contributed by atoms with E-state index in [2.05, 4.69) is 68.0 Å². The summed E-state index contributed by atoms with van der Waals surface area (Å²) in [5, 5.41) is 7.12. The number of carboxylic acids is 1. The maximum atomic E-state index is 13.6. The van der Waals surface area contributed by atoms with Crippen molar-refractivity contribution in [3.8, 4) is 0 Å². The van der Waals surface area contributed by atoms with Crippen LogP contribution in [0.25, 0.3) is 0 Å². The Bertz CT molecular complexity index is 1930. The molecule has 0 aliphatic rings. The predicted molar refractivity (Wildman–Crippen MR) is 180 cm³/mol. The summed E-state index contributed by atoms with van der Waals surface area (Å²) < 4.78 is 84.9. The smallest absolute Gasteiger partial charge is 0.475 e. The van der Waals surface area contributed by atoms with E-state index in [1.165, 1.54) is 30.4 Å². The molecule has 0 bridgehead atoms. The number of nitrogens with zero attached hydrogens (tertiary/aromatic N) is 3. The Hall–Kier alpha value is -5.73. The van der Waals surface area contributed by atoms with Gasteiger partial charge in [0.05, 0.1) is 19.0 Å². The van der Waals surface area contributed by atoms with Crippen molar-refractivity contribution < 1.29 is 40.6 Å². The lowest BCUT2D eigenvalue weighted by molar-refractivity contribution is -0.192. The number of alkyl halides is 3. The number of halogens is 7. The lowest BCUT2D eigenvalue weighted by Crippen LogP contribution is -2.21. The fraction of sp³-hybridized carbons (Fsp3) is 0.243. The highest BCUT2D eigenvalue weighted by molar-refractivity contribution is 5.73. The van der Waals surface area contributed by atoms with Crippen LogP contribution >= 0.6 is 0 Å². The van der Waals surface area contributed by atoms with E-state index < -0.39 is 35.4 Å². The van der Waals surface area contributed by atoms with Gasteiger partial charge in [0, 0.05) is 52.9 Å². The average molecular weight is 731 g/mol. The Morgan fingerprint density at radius 1 is 0.712 bits per heavy atom. The zero-order chi connectivity index (χ0) is 38.5. The molecule has 0 aliphatic carbocycles. The number of nitrogens with one attached hydrogen (secondary N) is 3. The topological polar surface area (TPSA) is 123 Å². The second kappa shape index (κ2) is 18.5. The third kappa shape index (κ3) is 10.9. The molecule has 15 heteroatoms. The molecule has 52 heavy (non-hydrogen) atoms. The molecule has 0 aliphatic heterocycles. The van der Waals surface area contributed by atoms with E-state index in [0.717, 1.165) is 29.2 Å². The standard InChI is InChI=1S/C12H12F2N2.C12H14N2.C11H10F2N2.C2HF3O2/c1-2-8(11-6-15-7-16-11)9-4-3-5-10(13)12(9)14;1-12(2,11-8-13-9-14-11)10-6-4-3-5-7-10;1-7(10-5-14-6-15-10)8-3-2-4-9(12)11(8)13;3-2(4,5)1(6)7/h3-8H,2H2,1H3,(H,15,16);3-9H,1-2H3,(H,13,14);2-7H,1H3,(H,14,15);(H,6,7). The number of aliphatic carboxylic acids is 1. The minimum atomic E-state index is -5.08. The fourth-order valence-electron chi connectivity index (χ4n) is 4.99. The molecule has 2 atom stereocenters. The number of aromatic nitrogens is 6. The molecule has 4 N–H and O–H groups in total. The van der Waals surface area contributed by atoms with E-state index in [0.29, 0.717) is 17.5 Å². The molecule has 2 unspecified atom stereocenters. The molecule has 3 aromatic carbocycles. The van der Waals surface area contributed by atoms with E-state index in [1.54, 1.807) is 37.8 Å². The number of rotatable bonds is 7. The van der Waals surface area contributed by atoms with Crippen LogP contribution in [0.5, 0.6) is 0 Å². The van der Waals surface area contributed by atoms with Crippen molar-refractivity contribution >= 4 is 5.97 Å². The van der Waals surface area contributed by atoms with E-state index >= 15 is 0 Å². The number of carbonyl (C=O) groups is 1. The molecule has 6 aromatic rings. The lowest BCUT2D eigenvalue weighted by atomic mass is 9.82. The van der Waals surface area contributed by atoms with E-state index in [-0.39, 0.29) is 17.3 Å². The first kappa shape index (κ1) is 40.7. The SMILES string of the molecule is CC(C)(c1ccccc1)c1cnc[nH]1.CC(c1cnc[nH]1)c1cccc(F)c1F.CCC(c1cnc[nH]1)c1cccc(F)c1F.O=C(O)C(F)(F)F. The summed E-state index contributed by atoms with van der Waals surface area (Å²) in [6.45, 7) is 8.10. The average Bonchev–Trinajstić information content (AvgIpc) is 3.94.